The van der Waals surface area contributed by atoms with Crippen molar-refractivity contribution in [3.05, 3.63) is 170 Å². The molecule has 0 aliphatic rings. The Morgan fingerprint density at radius 2 is 0.755 bits per heavy atom. The summed E-state index contributed by atoms with van der Waals surface area (Å²) in [5, 5.41) is 9.73. The molecule has 228 valence electrons. The quantitative estimate of drug-likeness (QED) is 0.196. The van der Waals surface area contributed by atoms with Crippen molar-refractivity contribution in [3.8, 4) is 39.9 Å². The van der Waals surface area contributed by atoms with Crippen molar-refractivity contribution in [2.75, 3.05) is 0 Å². The number of benzene rings is 8. The van der Waals surface area contributed by atoms with E-state index in [1.54, 1.807) is 0 Å². The van der Waals surface area contributed by atoms with E-state index in [9.17, 15) is 0 Å². The number of nitrogens with zero attached hydrogens (tertiary/aromatic N) is 4. The van der Waals surface area contributed by atoms with E-state index in [-0.39, 0.29) is 0 Å². The largest absolute Gasteiger partial charge is 0.308 e. The van der Waals surface area contributed by atoms with Crippen molar-refractivity contribution < 1.29 is 0 Å². The van der Waals surface area contributed by atoms with E-state index in [4.69, 9.17) is 15.0 Å². The van der Waals surface area contributed by atoms with Crippen LogP contribution in [0.1, 0.15) is 0 Å². The van der Waals surface area contributed by atoms with Crippen LogP contribution in [0.2, 0.25) is 0 Å². The number of hydrogen-bond acceptors (Lipinski definition) is 3. The van der Waals surface area contributed by atoms with Gasteiger partial charge in [-0.25, -0.2) is 15.0 Å². The van der Waals surface area contributed by atoms with Gasteiger partial charge < -0.3 is 4.57 Å². The molecular formula is C45H28N4. The standard InChI is InChI=1S/C45H28N4/c1-2-13-32(14-3-1)43-46-44(48-45(47-43)35-19-18-29-10-4-5-15-34(29)28-35)33-20-24-36(25-21-33)49-41-37-16-8-6-11-30(37)22-26-39(41)40-27-23-31-12-7-9-17-38(31)42(40)49/h1-28H. The molecule has 4 heteroatoms. The number of rotatable bonds is 4. The van der Waals surface area contributed by atoms with Crippen LogP contribution in [0.3, 0.4) is 0 Å². The smallest absolute Gasteiger partial charge is 0.164 e. The Morgan fingerprint density at radius 3 is 1.37 bits per heavy atom. The first kappa shape index (κ1) is 27.5. The van der Waals surface area contributed by atoms with Gasteiger partial charge >= 0.3 is 0 Å². The Morgan fingerprint density at radius 1 is 0.306 bits per heavy atom. The maximum Gasteiger partial charge on any atom is 0.164 e. The second-order valence-corrected chi connectivity index (χ2v) is 12.5. The van der Waals surface area contributed by atoms with Gasteiger partial charge in [-0.3, -0.25) is 0 Å². The van der Waals surface area contributed by atoms with Crippen LogP contribution < -0.4 is 0 Å². The zero-order valence-electron chi connectivity index (χ0n) is 26.5. The van der Waals surface area contributed by atoms with Gasteiger partial charge in [-0.2, -0.15) is 0 Å². The van der Waals surface area contributed by atoms with Gasteiger partial charge in [0.2, 0.25) is 0 Å². The molecule has 10 aromatic rings. The molecule has 0 unspecified atom stereocenters. The van der Waals surface area contributed by atoms with E-state index in [0.29, 0.717) is 17.5 Å². The predicted octanol–water partition coefficient (Wildman–Crippen LogP) is 11.4. The molecule has 49 heavy (non-hydrogen) atoms. The third-order valence-electron chi connectivity index (χ3n) is 9.60. The molecule has 10 rings (SSSR count). The molecular weight excluding hydrogens is 597 g/mol. The molecule has 0 aliphatic heterocycles. The van der Waals surface area contributed by atoms with E-state index in [0.717, 1.165) is 27.8 Å². The number of fused-ring (bicyclic) bond motifs is 8. The summed E-state index contributed by atoms with van der Waals surface area (Å²) in [6.07, 6.45) is 0. The SMILES string of the molecule is c1ccc(-c2nc(-c3ccc(-n4c5c6ccccc6ccc5c5ccc6ccccc6c54)cc3)nc(-c3ccc4ccccc4c3)n2)cc1. The minimum atomic E-state index is 0.640. The second-order valence-electron chi connectivity index (χ2n) is 12.5. The average molecular weight is 625 g/mol. The van der Waals surface area contributed by atoms with Crippen LogP contribution in [0, 0.1) is 0 Å². The van der Waals surface area contributed by atoms with Crippen LogP contribution in [-0.2, 0) is 0 Å². The summed E-state index contributed by atoms with van der Waals surface area (Å²) < 4.78 is 2.43. The summed E-state index contributed by atoms with van der Waals surface area (Å²) in [5.41, 5.74) is 6.35. The Hall–Kier alpha value is -6.65. The van der Waals surface area contributed by atoms with Crippen LogP contribution >= 0.6 is 0 Å². The van der Waals surface area contributed by atoms with Crippen LogP contribution in [-0.4, -0.2) is 19.5 Å². The number of aromatic nitrogens is 4. The van der Waals surface area contributed by atoms with Gasteiger partial charge in [0.15, 0.2) is 17.5 Å². The Balaban J connectivity index is 1.18. The Bertz CT molecular complexity index is 2780. The van der Waals surface area contributed by atoms with Gasteiger partial charge in [0.1, 0.15) is 0 Å². The van der Waals surface area contributed by atoms with E-state index in [1.807, 2.05) is 30.3 Å². The highest BCUT2D eigenvalue weighted by Crippen LogP contribution is 2.40. The van der Waals surface area contributed by atoms with E-state index >= 15 is 0 Å². The van der Waals surface area contributed by atoms with Gasteiger partial charge in [-0.15, -0.1) is 0 Å². The predicted molar refractivity (Wildman–Crippen MR) is 203 cm³/mol. The molecule has 0 saturated heterocycles. The molecule has 2 heterocycles. The summed E-state index contributed by atoms with van der Waals surface area (Å²) in [6, 6.07) is 59.9. The highest BCUT2D eigenvalue weighted by molar-refractivity contribution is 6.23. The van der Waals surface area contributed by atoms with Gasteiger partial charge in [0.05, 0.1) is 11.0 Å². The first-order chi connectivity index (χ1) is 24.3. The molecule has 4 nitrogen and oxygen atoms in total. The fraction of sp³-hybridized carbons (Fsp3) is 0. The van der Waals surface area contributed by atoms with Crippen molar-refractivity contribution in [1.29, 1.82) is 0 Å². The van der Waals surface area contributed by atoms with Gasteiger partial charge in [0, 0.05) is 43.9 Å². The molecule has 0 saturated carbocycles. The van der Waals surface area contributed by atoms with Crippen molar-refractivity contribution in [2.45, 2.75) is 0 Å². The maximum absolute atomic E-state index is 5.05. The summed E-state index contributed by atoms with van der Waals surface area (Å²) >= 11 is 0. The summed E-state index contributed by atoms with van der Waals surface area (Å²) in [4.78, 5) is 15.0. The van der Waals surface area contributed by atoms with Crippen molar-refractivity contribution in [2.24, 2.45) is 0 Å². The van der Waals surface area contributed by atoms with Crippen molar-refractivity contribution in [1.82, 2.24) is 19.5 Å². The normalized spacial score (nSPS) is 11.7. The molecule has 0 N–H and O–H groups in total. The molecule has 0 fully saturated rings. The van der Waals surface area contributed by atoms with Crippen molar-refractivity contribution >= 4 is 54.1 Å². The summed E-state index contributed by atoms with van der Waals surface area (Å²) in [6.45, 7) is 0. The fourth-order valence-electron chi connectivity index (χ4n) is 7.24. The molecule has 0 spiro atoms. The lowest BCUT2D eigenvalue weighted by molar-refractivity contribution is 1.07. The summed E-state index contributed by atoms with van der Waals surface area (Å²) in [5.74, 6) is 1.94. The minimum Gasteiger partial charge on any atom is -0.308 e. The van der Waals surface area contributed by atoms with Crippen LogP contribution in [0.15, 0.2) is 170 Å². The molecule has 2 aromatic heterocycles. The zero-order chi connectivity index (χ0) is 32.3. The fourth-order valence-corrected chi connectivity index (χ4v) is 7.24. The van der Waals surface area contributed by atoms with Gasteiger partial charge in [-0.05, 0) is 51.9 Å². The highest BCUT2D eigenvalue weighted by Gasteiger charge is 2.18. The van der Waals surface area contributed by atoms with Gasteiger partial charge in [-0.1, -0.05) is 140 Å². The zero-order valence-corrected chi connectivity index (χ0v) is 26.5. The second kappa shape index (κ2) is 11.0. The lowest BCUT2D eigenvalue weighted by Gasteiger charge is -2.13. The van der Waals surface area contributed by atoms with Gasteiger partial charge in [0.25, 0.3) is 0 Å². The van der Waals surface area contributed by atoms with Crippen LogP contribution in [0.5, 0.6) is 0 Å². The molecule has 0 bridgehead atoms. The molecule has 0 aliphatic carbocycles. The van der Waals surface area contributed by atoms with E-state index in [1.165, 1.54) is 48.7 Å². The molecule has 0 atom stereocenters. The average Bonchev–Trinajstić information content (AvgIpc) is 3.53. The monoisotopic (exact) mass is 624 g/mol. The Labute approximate surface area is 282 Å². The molecule has 8 aromatic carbocycles. The first-order valence-electron chi connectivity index (χ1n) is 16.5. The minimum absolute atomic E-state index is 0.640. The molecule has 0 radical (unpaired) electrons. The lowest BCUT2D eigenvalue weighted by Crippen LogP contribution is -2.00. The lowest BCUT2D eigenvalue weighted by atomic mass is 10.0. The third-order valence-corrected chi connectivity index (χ3v) is 9.60. The number of hydrogen-bond donors (Lipinski definition) is 0. The third kappa shape index (κ3) is 4.49. The van der Waals surface area contributed by atoms with Crippen LogP contribution in [0.4, 0.5) is 0 Å². The highest BCUT2D eigenvalue weighted by atomic mass is 15.0. The molecule has 0 amide bonds. The summed E-state index contributed by atoms with van der Waals surface area (Å²) in [7, 11) is 0. The van der Waals surface area contributed by atoms with Crippen LogP contribution in [0.25, 0.3) is 94.0 Å². The van der Waals surface area contributed by atoms with E-state index in [2.05, 4.69) is 144 Å². The van der Waals surface area contributed by atoms with Crippen molar-refractivity contribution in [3.63, 3.8) is 0 Å². The first-order valence-corrected chi connectivity index (χ1v) is 16.5. The Kier molecular flexibility index (Phi) is 6.15. The van der Waals surface area contributed by atoms with E-state index < -0.39 is 0 Å². The topological polar surface area (TPSA) is 43.6 Å². The maximum atomic E-state index is 5.05.